The van der Waals surface area contributed by atoms with Crippen LogP contribution in [0.5, 0.6) is 0 Å². The Hall–Kier alpha value is -1.85. The number of methoxy groups -OCH3 is 1. The molecule has 17 heavy (non-hydrogen) atoms. The van der Waals surface area contributed by atoms with Crippen LogP contribution in [-0.4, -0.2) is 35.2 Å². The Kier molecular flexibility index (Phi) is 3.88. The Morgan fingerprint density at radius 3 is 2.06 bits per heavy atom. The van der Waals surface area contributed by atoms with Gasteiger partial charge in [0, 0.05) is 0 Å². The van der Waals surface area contributed by atoms with Gasteiger partial charge in [-0.05, 0) is 5.92 Å². The number of allylic oxidation sites excluding steroid dienone is 1. The third-order valence-corrected chi connectivity index (χ3v) is 3.01. The summed E-state index contributed by atoms with van der Waals surface area (Å²) in [5.74, 6) is -7.05. The van der Waals surface area contributed by atoms with E-state index in [9.17, 15) is 14.4 Å². The summed E-state index contributed by atoms with van der Waals surface area (Å²) in [5.41, 5.74) is 0. The van der Waals surface area contributed by atoms with Gasteiger partial charge in [0.05, 0.1) is 24.9 Å². The van der Waals surface area contributed by atoms with Crippen LogP contribution in [-0.2, 0) is 19.1 Å². The number of carboxylic acids is 2. The van der Waals surface area contributed by atoms with Gasteiger partial charge < -0.3 is 14.9 Å². The van der Waals surface area contributed by atoms with Crippen molar-refractivity contribution >= 4 is 17.9 Å². The first-order valence-electron chi connectivity index (χ1n) is 5.12. The molecule has 0 saturated carbocycles. The second-order valence-electron chi connectivity index (χ2n) is 4.02. The molecule has 94 valence electrons. The Labute approximate surface area is 97.9 Å². The largest absolute Gasteiger partial charge is 0.481 e. The van der Waals surface area contributed by atoms with E-state index >= 15 is 0 Å². The van der Waals surface area contributed by atoms with Crippen molar-refractivity contribution in [3.8, 4) is 0 Å². The molecule has 0 aromatic heterocycles. The number of hydrogen-bond donors (Lipinski definition) is 2. The van der Waals surface area contributed by atoms with E-state index in [1.165, 1.54) is 12.2 Å². The third kappa shape index (κ3) is 2.46. The molecular weight excluding hydrogens is 228 g/mol. The average molecular weight is 242 g/mol. The molecule has 6 nitrogen and oxygen atoms in total. The highest BCUT2D eigenvalue weighted by molar-refractivity contribution is 5.88. The zero-order valence-electron chi connectivity index (χ0n) is 9.49. The zero-order valence-corrected chi connectivity index (χ0v) is 9.49. The van der Waals surface area contributed by atoms with Gasteiger partial charge >= 0.3 is 17.9 Å². The Morgan fingerprint density at radius 2 is 1.65 bits per heavy atom. The summed E-state index contributed by atoms with van der Waals surface area (Å²) in [6.07, 6.45) is 2.87. The summed E-state index contributed by atoms with van der Waals surface area (Å²) in [6, 6.07) is 0. The third-order valence-electron chi connectivity index (χ3n) is 3.01. The van der Waals surface area contributed by atoms with E-state index in [2.05, 4.69) is 4.74 Å². The molecule has 0 spiro atoms. The van der Waals surface area contributed by atoms with Crippen LogP contribution < -0.4 is 0 Å². The maximum Gasteiger partial charge on any atom is 0.311 e. The van der Waals surface area contributed by atoms with Crippen LogP contribution in [0.2, 0.25) is 0 Å². The summed E-state index contributed by atoms with van der Waals surface area (Å²) in [4.78, 5) is 33.7. The molecule has 0 aromatic carbocycles. The van der Waals surface area contributed by atoms with E-state index in [-0.39, 0.29) is 0 Å². The molecular formula is C11H14O6. The van der Waals surface area contributed by atoms with Gasteiger partial charge in [-0.25, -0.2) is 0 Å². The van der Waals surface area contributed by atoms with Gasteiger partial charge in [0.25, 0.3) is 0 Å². The Morgan fingerprint density at radius 1 is 1.06 bits per heavy atom. The minimum absolute atomic E-state index is 0.410. The lowest BCUT2D eigenvalue weighted by Gasteiger charge is -2.31. The quantitative estimate of drug-likeness (QED) is 0.548. The van der Waals surface area contributed by atoms with E-state index in [1.54, 1.807) is 6.92 Å². The average Bonchev–Trinajstić information content (AvgIpc) is 2.26. The summed E-state index contributed by atoms with van der Waals surface area (Å²) in [5, 5.41) is 18.1. The summed E-state index contributed by atoms with van der Waals surface area (Å²) < 4.78 is 4.50. The first kappa shape index (κ1) is 13.2. The van der Waals surface area contributed by atoms with E-state index in [4.69, 9.17) is 10.2 Å². The van der Waals surface area contributed by atoms with Crippen LogP contribution in [0.3, 0.4) is 0 Å². The molecule has 0 bridgehead atoms. The standard InChI is InChI=1S/C11H14O6/c1-5-3-4-6(9(12)13)8(11(16)17-2)7(5)10(14)15/h3-8H,1-2H3,(H,12,13)(H,14,15). The molecule has 4 unspecified atom stereocenters. The van der Waals surface area contributed by atoms with E-state index in [1.807, 2.05) is 0 Å². The van der Waals surface area contributed by atoms with Crippen molar-refractivity contribution in [2.24, 2.45) is 23.7 Å². The topological polar surface area (TPSA) is 101 Å². The van der Waals surface area contributed by atoms with Crippen molar-refractivity contribution in [2.45, 2.75) is 6.92 Å². The molecule has 0 fully saturated rings. The first-order chi connectivity index (χ1) is 7.90. The fraction of sp³-hybridized carbons (Fsp3) is 0.545. The predicted octanol–water partition coefficient (Wildman–Crippen LogP) is 0.383. The van der Waals surface area contributed by atoms with Crippen molar-refractivity contribution in [2.75, 3.05) is 7.11 Å². The number of esters is 1. The maximum absolute atomic E-state index is 11.6. The summed E-state index contributed by atoms with van der Waals surface area (Å²) in [6.45, 7) is 1.63. The molecule has 0 heterocycles. The molecule has 6 heteroatoms. The van der Waals surface area contributed by atoms with Crippen molar-refractivity contribution in [1.29, 1.82) is 0 Å². The highest BCUT2D eigenvalue weighted by Gasteiger charge is 2.46. The van der Waals surface area contributed by atoms with Gasteiger partial charge in [0.15, 0.2) is 0 Å². The monoisotopic (exact) mass is 242 g/mol. The van der Waals surface area contributed by atoms with Crippen LogP contribution in [0.15, 0.2) is 12.2 Å². The highest BCUT2D eigenvalue weighted by atomic mass is 16.5. The minimum atomic E-state index is -1.23. The number of ether oxygens (including phenoxy) is 1. The smallest absolute Gasteiger partial charge is 0.311 e. The minimum Gasteiger partial charge on any atom is -0.481 e. The summed E-state index contributed by atoms with van der Waals surface area (Å²) >= 11 is 0. The second-order valence-corrected chi connectivity index (χ2v) is 4.02. The fourth-order valence-corrected chi connectivity index (χ4v) is 2.13. The fourth-order valence-electron chi connectivity index (χ4n) is 2.13. The van der Waals surface area contributed by atoms with Gasteiger partial charge in [-0.15, -0.1) is 0 Å². The number of hydrogen-bond acceptors (Lipinski definition) is 4. The SMILES string of the molecule is COC(=O)C1C(C(=O)O)C=CC(C)C1C(=O)O. The molecule has 4 atom stereocenters. The van der Waals surface area contributed by atoms with Crippen molar-refractivity contribution in [3.05, 3.63) is 12.2 Å². The van der Waals surface area contributed by atoms with Crippen LogP contribution in [0, 0.1) is 23.7 Å². The molecule has 0 aromatic rings. The number of carbonyl (C=O) groups excluding carboxylic acids is 1. The van der Waals surface area contributed by atoms with Crippen LogP contribution >= 0.6 is 0 Å². The van der Waals surface area contributed by atoms with Crippen molar-refractivity contribution in [3.63, 3.8) is 0 Å². The summed E-state index contributed by atoms with van der Waals surface area (Å²) in [7, 11) is 1.11. The predicted molar refractivity (Wildman–Crippen MR) is 56.1 cm³/mol. The molecule has 0 radical (unpaired) electrons. The normalized spacial score (nSPS) is 31.9. The van der Waals surface area contributed by atoms with E-state index in [0.717, 1.165) is 7.11 Å². The Bertz CT molecular complexity index is 372. The second kappa shape index (κ2) is 4.99. The van der Waals surface area contributed by atoms with E-state index in [0.29, 0.717) is 0 Å². The first-order valence-corrected chi connectivity index (χ1v) is 5.12. The van der Waals surface area contributed by atoms with Crippen LogP contribution in [0.25, 0.3) is 0 Å². The lowest BCUT2D eigenvalue weighted by molar-refractivity contribution is -0.164. The number of carbonyl (C=O) groups is 3. The van der Waals surface area contributed by atoms with Crippen molar-refractivity contribution in [1.82, 2.24) is 0 Å². The van der Waals surface area contributed by atoms with Gasteiger partial charge in [0.1, 0.15) is 0 Å². The van der Waals surface area contributed by atoms with Crippen molar-refractivity contribution < 1.29 is 29.3 Å². The van der Waals surface area contributed by atoms with Gasteiger partial charge in [-0.2, -0.15) is 0 Å². The maximum atomic E-state index is 11.6. The number of aliphatic carboxylic acids is 2. The van der Waals surface area contributed by atoms with Crippen LogP contribution in [0.4, 0.5) is 0 Å². The molecule has 1 rings (SSSR count). The number of carboxylic acid groups (broad SMARTS) is 2. The molecule has 0 aliphatic heterocycles. The van der Waals surface area contributed by atoms with Gasteiger partial charge in [-0.3, -0.25) is 14.4 Å². The molecule has 0 saturated heterocycles. The van der Waals surface area contributed by atoms with E-state index < -0.39 is 41.6 Å². The van der Waals surface area contributed by atoms with Gasteiger partial charge in [-0.1, -0.05) is 19.1 Å². The van der Waals surface area contributed by atoms with Crippen LogP contribution in [0.1, 0.15) is 6.92 Å². The zero-order chi connectivity index (χ0) is 13.2. The number of rotatable bonds is 3. The molecule has 1 aliphatic rings. The lowest BCUT2D eigenvalue weighted by Crippen LogP contribution is -2.43. The lowest BCUT2D eigenvalue weighted by atomic mass is 9.71. The highest BCUT2D eigenvalue weighted by Crippen LogP contribution is 2.35. The molecule has 1 aliphatic carbocycles. The molecule has 2 N–H and O–H groups in total. The molecule has 0 amide bonds. The Balaban J connectivity index is 3.18. The van der Waals surface area contributed by atoms with Gasteiger partial charge in [0.2, 0.25) is 0 Å².